The average molecular weight is 211 g/mol. The van der Waals surface area contributed by atoms with E-state index in [-0.39, 0.29) is 0 Å². The lowest BCUT2D eigenvalue weighted by Crippen LogP contribution is -2.03. The molecule has 0 rings (SSSR count). The van der Waals surface area contributed by atoms with Crippen LogP contribution in [0.1, 0.15) is 51.9 Å². The summed E-state index contributed by atoms with van der Waals surface area (Å²) < 4.78 is 0. The van der Waals surface area contributed by atoms with Gasteiger partial charge in [0.1, 0.15) is 6.29 Å². The zero-order valence-electron chi connectivity index (χ0n) is 10.5. The van der Waals surface area contributed by atoms with Crippen molar-refractivity contribution in [2.75, 3.05) is 14.1 Å². The standard InChI is InChI=1S/C13H25NO/c1-4-5-6-7-8-9-10-13(12-15)11-14(2)3/h11-12H,4-10H2,1-3H3/b13-11-. The maximum absolute atomic E-state index is 10.7. The van der Waals surface area contributed by atoms with Crippen LogP contribution in [0.3, 0.4) is 0 Å². The minimum atomic E-state index is 0.912. The van der Waals surface area contributed by atoms with E-state index < -0.39 is 0 Å². The first kappa shape index (κ1) is 14.2. The monoisotopic (exact) mass is 211 g/mol. The number of hydrogen-bond donors (Lipinski definition) is 0. The van der Waals surface area contributed by atoms with Gasteiger partial charge in [-0.3, -0.25) is 4.79 Å². The van der Waals surface area contributed by atoms with E-state index >= 15 is 0 Å². The fraction of sp³-hybridized carbons (Fsp3) is 0.769. The molecular formula is C13H25NO. The Morgan fingerprint density at radius 1 is 1.07 bits per heavy atom. The fourth-order valence-corrected chi connectivity index (χ4v) is 1.60. The number of carbonyl (C=O) groups excluding carboxylic acids is 1. The van der Waals surface area contributed by atoms with Crippen molar-refractivity contribution in [3.05, 3.63) is 11.8 Å². The van der Waals surface area contributed by atoms with Gasteiger partial charge in [0.15, 0.2) is 0 Å². The molecule has 0 aromatic rings. The van der Waals surface area contributed by atoms with Crippen LogP contribution in [0.15, 0.2) is 11.8 Å². The summed E-state index contributed by atoms with van der Waals surface area (Å²) in [6.07, 6.45) is 11.5. The summed E-state index contributed by atoms with van der Waals surface area (Å²) in [5.41, 5.74) is 0.912. The highest BCUT2D eigenvalue weighted by Gasteiger charge is 1.96. The average Bonchev–Trinajstić information content (AvgIpc) is 2.20. The Labute approximate surface area is 94.4 Å². The Kier molecular flexibility index (Phi) is 9.24. The van der Waals surface area contributed by atoms with E-state index in [2.05, 4.69) is 6.92 Å². The second-order valence-electron chi connectivity index (χ2n) is 4.30. The van der Waals surface area contributed by atoms with Crippen LogP contribution >= 0.6 is 0 Å². The fourth-order valence-electron chi connectivity index (χ4n) is 1.60. The van der Waals surface area contributed by atoms with Crippen molar-refractivity contribution in [1.29, 1.82) is 0 Å². The molecule has 0 aliphatic heterocycles. The molecule has 88 valence electrons. The van der Waals surface area contributed by atoms with Crippen LogP contribution in [0.25, 0.3) is 0 Å². The molecule has 0 N–H and O–H groups in total. The minimum Gasteiger partial charge on any atom is -0.383 e. The Balaban J connectivity index is 3.51. The van der Waals surface area contributed by atoms with E-state index in [0.29, 0.717) is 0 Å². The molecule has 0 atom stereocenters. The van der Waals surface area contributed by atoms with Crippen molar-refractivity contribution in [1.82, 2.24) is 4.90 Å². The molecule has 15 heavy (non-hydrogen) atoms. The number of aldehydes is 1. The molecule has 0 saturated heterocycles. The second-order valence-corrected chi connectivity index (χ2v) is 4.30. The van der Waals surface area contributed by atoms with Gasteiger partial charge in [0.25, 0.3) is 0 Å². The summed E-state index contributed by atoms with van der Waals surface area (Å²) in [5.74, 6) is 0. The highest BCUT2D eigenvalue weighted by molar-refractivity contribution is 5.72. The Morgan fingerprint density at radius 3 is 2.20 bits per heavy atom. The molecule has 2 nitrogen and oxygen atoms in total. The van der Waals surface area contributed by atoms with E-state index in [9.17, 15) is 4.79 Å². The number of carbonyl (C=O) groups is 1. The first-order valence-electron chi connectivity index (χ1n) is 6.03. The molecule has 0 aromatic heterocycles. The molecule has 0 bridgehead atoms. The lowest BCUT2D eigenvalue weighted by atomic mass is 10.1. The Morgan fingerprint density at radius 2 is 1.67 bits per heavy atom. The van der Waals surface area contributed by atoms with Gasteiger partial charge in [-0.15, -0.1) is 0 Å². The maximum atomic E-state index is 10.7. The molecular weight excluding hydrogens is 186 g/mol. The molecule has 0 heterocycles. The molecule has 0 aliphatic carbocycles. The van der Waals surface area contributed by atoms with Gasteiger partial charge in [-0.1, -0.05) is 39.0 Å². The van der Waals surface area contributed by atoms with Gasteiger partial charge in [0, 0.05) is 25.9 Å². The third kappa shape index (κ3) is 9.51. The predicted molar refractivity (Wildman–Crippen MR) is 65.8 cm³/mol. The quantitative estimate of drug-likeness (QED) is 0.331. The van der Waals surface area contributed by atoms with Crippen LogP contribution in [0.2, 0.25) is 0 Å². The van der Waals surface area contributed by atoms with Crippen LogP contribution in [-0.4, -0.2) is 25.3 Å². The number of nitrogens with zero attached hydrogens (tertiary/aromatic N) is 1. The van der Waals surface area contributed by atoms with Gasteiger partial charge >= 0.3 is 0 Å². The third-order valence-electron chi connectivity index (χ3n) is 2.39. The van der Waals surface area contributed by atoms with Gasteiger partial charge in [-0.25, -0.2) is 0 Å². The lowest BCUT2D eigenvalue weighted by molar-refractivity contribution is -0.105. The smallest absolute Gasteiger partial charge is 0.147 e. The van der Waals surface area contributed by atoms with E-state index in [4.69, 9.17) is 0 Å². The molecule has 0 radical (unpaired) electrons. The first-order valence-corrected chi connectivity index (χ1v) is 6.03. The van der Waals surface area contributed by atoms with Gasteiger partial charge < -0.3 is 4.90 Å². The van der Waals surface area contributed by atoms with Gasteiger partial charge in [-0.05, 0) is 12.8 Å². The van der Waals surface area contributed by atoms with Crippen LogP contribution in [0, 0.1) is 0 Å². The molecule has 2 heteroatoms. The SMILES string of the molecule is CCCCCCCC/C(C=O)=C/N(C)C. The minimum absolute atomic E-state index is 0.912. The van der Waals surface area contributed by atoms with E-state index in [1.54, 1.807) is 0 Å². The zero-order chi connectivity index (χ0) is 11.5. The molecule has 0 fully saturated rings. The zero-order valence-corrected chi connectivity index (χ0v) is 10.5. The van der Waals surface area contributed by atoms with Crippen molar-refractivity contribution in [2.24, 2.45) is 0 Å². The molecule has 0 saturated carbocycles. The number of unbranched alkanes of at least 4 members (excludes halogenated alkanes) is 5. The summed E-state index contributed by atoms with van der Waals surface area (Å²) in [6.45, 7) is 2.23. The molecule has 0 aliphatic rings. The predicted octanol–water partition coefficient (Wildman–Crippen LogP) is 3.38. The summed E-state index contributed by atoms with van der Waals surface area (Å²) in [7, 11) is 3.90. The topological polar surface area (TPSA) is 20.3 Å². The lowest BCUT2D eigenvalue weighted by Gasteiger charge is -2.07. The maximum Gasteiger partial charge on any atom is 0.147 e. The summed E-state index contributed by atoms with van der Waals surface area (Å²) in [5, 5.41) is 0. The number of rotatable bonds is 9. The van der Waals surface area contributed by atoms with E-state index in [0.717, 1.165) is 24.7 Å². The summed E-state index contributed by atoms with van der Waals surface area (Å²) in [4.78, 5) is 12.6. The van der Waals surface area contributed by atoms with E-state index in [1.165, 1.54) is 32.1 Å². The highest BCUT2D eigenvalue weighted by atomic mass is 16.1. The van der Waals surface area contributed by atoms with Gasteiger partial charge in [-0.2, -0.15) is 0 Å². The molecule has 0 aromatic carbocycles. The van der Waals surface area contributed by atoms with Crippen molar-refractivity contribution in [3.8, 4) is 0 Å². The number of hydrogen-bond acceptors (Lipinski definition) is 2. The summed E-state index contributed by atoms with van der Waals surface area (Å²) >= 11 is 0. The second kappa shape index (κ2) is 9.75. The molecule has 0 unspecified atom stereocenters. The number of allylic oxidation sites excluding steroid dienone is 1. The van der Waals surface area contributed by atoms with Crippen molar-refractivity contribution < 1.29 is 4.79 Å². The van der Waals surface area contributed by atoms with Crippen molar-refractivity contribution in [3.63, 3.8) is 0 Å². The Bertz CT molecular complexity index is 185. The van der Waals surface area contributed by atoms with Crippen LogP contribution in [-0.2, 0) is 4.79 Å². The van der Waals surface area contributed by atoms with Crippen molar-refractivity contribution >= 4 is 6.29 Å². The van der Waals surface area contributed by atoms with Crippen molar-refractivity contribution in [2.45, 2.75) is 51.9 Å². The third-order valence-corrected chi connectivity index (χ3v) is 2.39. The first-order chi connectivity index (χ1) is 7.20. The normalized spacial score (nSPS) is 11.5. The van der Waals surface area contributed by atoms with Crippen LogP contribution in [0.4, 0.5) is 0 Å². The molecule has 0 amide bonds. The van der Waals surface area contributed by atoms with Gasteiger partial charge in [0.05, 0.1) is 0 Å². The largest absolute Gasteiger partial charge is 0.383 e. The van der Waals surface area contributed by atoms with Crippen LogP contribution < -0.4 is 0 Å². The molecule has 0 spiro atoms. The van der Waals surface area contributed by atoms with Gasteiger partial charge in [0.2, 0.25) is 0 Å². The van der Waals surface area contributed by atoms with Crippen LogP contribution in [0.5, 0.6) is 0 Å². The summed E-state index contributed by atoms with van der Waals surface area (Å²) in [6, 6.07) is 0. The highest BCUT2D eigenvalue weighted by Crippen LogP contribution is 2.10. The van der Waals surface area contributed by atoms with E-state index in [1.807, 2.05) is 25.2 Å². The Hall–Kier alpha value is -0.790.